The van der Waals surface area contributed by atoms with Crippen molar-refractivity contribution in [2.75, 3.05) is 7.11 Å². The van der Waals surface area contributed by atoms with E-state index < -0.39 is 23.8 Å². The largest absolute Gasteiger partial charge is 0.464 e. The van der Waals surface area contributed by atoms with Gasteiger partial charge in [0, 0.05) is 0 Å². The van der Waals surface area contributed by atoms with Gasteiger partial charge in [0.15, 0.2) is 5.69 Å². The number of aromatic nitrogens is 1. The molecule has 0 aliphatic heterocycles. The molecule has 0 fully saturated rings. The fourth-order valence-corrected chi connectivity index (χ4v) is 1.23. The van der Waals surface area contributed by atoms with Crippen molar-refractivity contribution in [1.82, 2.24) is 4.98 Å². The molecule has 1 heterocycles. The number of carbonyl (C=O) groups excluding carboxylic acids is 1. The molecule has 0 radical (unpaired) electrons. The van der Waals surface area contributed by atoms with Crippen molar-refractivity contribution in [3.05, 3.63) is 28.0 Å². The molecule has 0 atom stereocenters. The van der Waals surface area contributed by atoms with Gasteiger partial charge in [0.2, 0.25) is 0 Å². The first-order valence-electron chi connectivity index (χ1n) is 3.98. The maximum atomic E-state index is 12.5. The Bertz CT molecular complexity index is 471. The summed E-state index contributed by atoms with van der Waals surface area (Å²) in [5.74, 6) is -0.934. The number of hydrogen-bond acceptors (Lipinski definition) is 4. The van der Waals surface area contributed by atoms with E-state index in [4.69, 9.17) is 16.9 Å². The monoisotopic (exact) mass is 246 g/mol. The molecule has 0 saturated carbocycles. The first kappa shape index (κ1) is 12.3. The van der Waals surface area contributed by atoms with E-state index >= 15 is 0 Å². The smallest absolute Gasteiger partial charge is 0.358 e. The zero-order valence-electron chi connectivity index (χ0n) is 8.00. The van der Waals surface area contributed by atoms with Crippen LogP contribution in [0.3, 0.4) is 0 Å². The SMILES string of the molecule is COC(=O)c1nc(C(F)F)c(C#N)cc1Cl. The zero-order valence-corrected chi connectivity index (χ0v) is 8.76. The summed E-state index contributed by atoms with van der Waals surface area (Å²) < 4.78 is 29.3. The highest BCUT2D eigenvalue weighted by Gasteiger charge is 2.21. The van der Waals surface area contributed by atoms with E-state index in [1.807, 2.05) is 0 Å². The molecule has 0 aliphatic carbocycles. The van der Waals surface area contributed by atoms with E-state index in [1.165, 1.54) is 6.07 Å². The summed E-state index contributed by atoms with van der Waals surface area (Å²) in [6.45, 7) is 0. The number of hydrogen-bond donors (Lipinski definition) is 0. The van der Waals surface area contributed by atoms with Crippen LogP contribution >= 0.6 is 11.6 Å². The molecule has 0 spiro atoms. The minimum Gasteiger partial charge on any atom is -0.464 e. The lowest BCUT2D eigenvalue weighted by Gasteiger charge is -2.06. The van der Waals surface area contributed by atoms with Gasteiger partial charge in [0.25, 0.3) is 6.43 Å². The lowest BCUT2D eigenvalue weighted by Crippen LogP contribution is -2.09. The van der Waals surface area contributed by atoms with E-state index in [1.54, 1.807) is 0 Å². The zero-order chi connectivity index (χ0) is 12.3. The third-order valence-corrected chi connectivity index (χ3v) is 2.00. The molecule has 0 aliphatic rings. The van der Waals surface area contributed by atoms with Gasteiger partial charge in [-0.3, -0.25) is 0 Å². The molecule has 4 nitrogen and oxygen atoms in total. The Labute approximate surface area is 94.4 Å². The van der Waals surface area contributed by atoms with E-state index in [2.05, 4.69) is 9.72 Å². The van der Waals surface area contributed by atoms with Gasteiger partial charge in [-0.25, -0.2) is 18.6 Å². The molecular formula is C9H5ClF2N2O2. The summed E-state index contributed by atoms with van der Waals surface area (Å²) in [6, 6.07) is 2.48. The normalized spacial score (nSPS) is 10.0. The summed E-state index contributed by atoms with van der Waals surface area (Å²) in [4.78, 5) is 14.4. The van der Waals surface area contributed by atoms with Crippen molar-refractivity contribution in [3.63, 3.8) is 0 Å². The van der Waals surface area contributed by atoms with Gasteiger partial charge in [-0.15, -0.1) is 0 Å². The van der Waals surface area contributed by atoms with E-state index in [0.29, 0.717) is 0 Å². The lowest BCUT2D eigenvalue weighted by molar-refractivity contribution is 0.0592. The lowest BCUT2D eigenvalue weighted by atomic mass is 10.2. The average molecular weight is 247 g/mol. The maximum Gasteiger partial charge on any atom is 0.358 e. The number of halogens is 3. The van der Waals surface area contributed by atoms with Gasteiger partial charge in [0.1, 0.15) is 11.8 Å². The van der Waals surface area contributed by atoms with E-state index in [9.17, 15) is 13.6 Å². The van der Waals surface area contributed by atoms with Gasteiger partial charge in [-0.05, 0) is 6.07 Å². The Hall–Kier alpha value is -1.74. The highest BCUT2D eigenvalue weighted by Crippen LogP contribution is 2.25. The fourth-order valence-electron chi connectivity index (χ4n) is 0.999. The van der Waals surface area contributed by atoms with Crippen LogP contribution < -0.4 is 0 Å². The summed E-state index contributed by atoms with van der Waals surface area (Å²) in [6.07, 6.45) is -2.96. The molecule has 84 valence electrons. The molecule has 7 heteroatoms. The van der Waals surface area contributed by atoms with Gasteiger partial charge < -0.3 is 4.74 Å². The predicted molar refractivity (Wildman–Crippen MR) is 50.3 cm³/mol. The summed E-state index contributed by atoms with van der Waals surface area (Å²) in [5.41, 5.74) is -1.58. The molecule has 0 unspecified atom stereocenters. The molecule has 16 heavy (non-hydrogen) atoms. The highest BCUT2D eigenvalue weighted by molar-refractivity contribution is 6.33. The Morgan fingerprint density at radius 1 is 1.69 bits per heavy atom. The molecular weight excluding hydrogens is 242 g/mol. The molecule has 1 aromatic heterocycles. The third-order valence-electron chi connectivity index (χ3n) is 1.71. The quantitative estimate of drug-likeness (QED) is 0.752. The van der Waals surface area contributed by atoms with Crippen LogP contribution in [0.1, 0.15) is 28.2 Å². The van der Waals surface area contributed by atoms with Crippen LogP contribution in [0.5, 0.6) is 0 Å². The van der Waals surface area contributed by atoms with E-state index in [0.717, 1.165) is 13.2 Å². The summed E-state index contributed by atoms with van der Waals surface area (Å²) in [5, 5.41) is 8.38. The van der Waals surface area contributed by atoms with Gasteiger partial charge in [-0.2, -0.15) is 5.26 Å². The van der Waals surface area contributed by atoms with Crippen molar-refractivity contribution in [2.45, 2.75) is 6.43 Å². The molecule has 1 rings (SSSR count). The average Bonchev–Trinajstić information content (AvgIpc) is 2.27. The summed E-state index contributed by atoms with van der Waals surface area (Å²) in [7, 11) is 1.07. The van der Waals surface area contributed by atoms with E-state index in [-0.39, 0.29) is 10.6 Å². The van der Waals surface area contributed by atoms with Gasteiger partial charge in [0.05, 0.1) is 17.7 Å². The number of nitriles is 1. The number of nitrogens with zero attached hydrogens (tertiary/aromatic N) is 2. The fraction of sp³-hybridized carbons (Fsp3) is 0.222. The number of carbonyl (C=O) groups is 1. The third kappa shape index (κ3) is 2.25. The first-order valence-corrected chi connectivity index (χ1v) is 4.36. The number of pyridine rings is 1. The molecule has 0 N–H and O–H groups in total. The molecule has 1 aromatic rings. The van der Waals surface area contributed by atoms with Gasteiger partial charge in [-0.1, -0.05) is 11.6 Å². The highest BCUT2D eigenvalue weighted by atomic mass is 35.5. The van der Waals surface area contributed by atoms with Crippen LogP contribution in [-0.2, 0) is 4.74 Å². The Morgan fingerprint density at radius 2 is 2.31 bits per heavy atom. The number of alkyl halides is 2. The van der Waals surface area contributed by atoms with Crippen LogP contribution in [-0.4, -0.2) is 18.1 Å². The molecule has 0 bridgehead atoms. The van der Waals surface area contributed by atoms with Crippen LogP contribution in [0.25, 0.3) is 0 Å². The molecule has 0 aromatic carbocycles. The minimum absolute atomic E-state index is 0.201. The Morgan fingerprint density at radius 3 is 2.75 bits per heavy atom. The molecule has 0 amide bonds. The van der Waals surface area contributed by atoms with Crippen molar-refractivity contribution in [2.24, 2.45) is 0 Å². The number of esters is 1. The number of methoxy groups -OCH3 is 1. The van der Waals surface area contributed by atoms with Crippen LogP contribution in [0.2, 0.25) is 5.02 Å². The molecule has 0 saturated heterocycles. The van der Waals surface area contributed by atoms with Gasteiger partial charge >= 0.3 is 5.97 Å². The van der Waals surface area contributed by atoms with Crippen molar-refractivity contribution in [1.29, 1.82) is 5.26 Å². The topological polar surface area (TPSA) is 63.0 Å². The van der Waals surface area contributed by atoms with Crippen molar-refractivity contribution < 1.29 is 18.3 Å². The summed E-state index contributed by atoms with van der Waals surface area (Å²) >= 11 is 5.60. The Balaban J connectivity index is 3.40. The first-order chi connectivity index (χ1) is 7.51. The minimum atomic E-state index is -2.96. The second kappa shape index (κ2) is 4.86. The predicted octanol–water partition coefficient (Wildman–Crippen LogP) is 2.33. The second-order valence-electron chi connectivity index (χ2n) is 2.66. The maximum absolute atomic E-state index is 12.5. The van der Waals surface area contributed by atoms with Crippen molar-refractivity contribution >= 4 is 17.6 Å². The van der Waals surface area contributed by atoms with Crippen molar-refractivity contribution in [3.8, 4) is 6.07 Å². The number of ether oxygens (including phenoxy) is 1. The Kier molecular flexibility index (Phi) is 3.74. The second-order valence-corrected chi connectivity index (χ2v) is 3.06. The standard InChI is InChI=1S/C9H5ClF2N2O2/c1-16-9(15)7-5(10)2-4(3-13)6(14-7)8(11)12/h2,8H,1H3. The van der Waals surface area contributed by atoms with Crippen LogP contribution in [0, 0.1) is 11.3 Å². The van der Waals surface area contributed by atoms with Crippen LogP contribution in [0.4, 0.5) is 8.78 Å². The van der Waals surface area contributed by atoms with Crippen LogP contribution in [0.15, 0.2) is 6.07 Å². The number of rotatable bonds is 2.